The smallest absolute Gasteiger partial charge is 0.414 e. The molecule has 0 radical (unpaired) electrons. The van der Waals surface area contributed by atoms with Crippen LogP contribution in [-0.4, -0.2) is 67.3 Å². The molecule has 0 aliphatic carbocycles. The molecule has 0 bridgehead atoms. The third kappa shape index (κ3) is 4.49. The highest BCUT2D eigenvalue weighted by molar-refractivity contribution is 5.90. The molecule has 11 heteroatoms. The molecule has 0 spiro atoms. The number of ether oxygens (including phenoxy) is 1. The van der Waals surface area contributed by atoms with Crippen LogP contribution >= 0.6 is 0 Å². The summed E-state index contributed by atoms with van der Waals surface area (Å²) in [6.45, 7) is 3.42. The molecular weight excluding hydrogens is 410 g/mol. The van der Waals surface area contributed by atoms with Crippen molar-refractivity contribution in [3.63, 3.8) is 0 Å². The molecule has 0 unspecified atom stereocenters. The van der Waals surface area contributed by atoms with Gasteiger partial charge in [0, 0.05) is 57.6 Å². The average molecular weight is 432 g/mol. The Kier molecular flexibility index (Phi) is 5.83. The standard InChI is InChI=1S/C20H22F2N6O3/c1-13(29)25-11-15-12-28(20(30)31-15)14-9-16(21)18(17(22)10-14)26-5-7-27(8-6-26)19-23-3-2-4-24-19/h2-4,9-10,15H,5-8,11-12H2,1H3,(H,25,29)/t15-/m0/s1. The van der Waals surface area contributed by atoms with Gasteiger partial charge in [-0.3, -0.25) is 9.69 Å². The highest BCUT2D eigenvalue weighted by atomic mass is 19.1. The minimum absolute atomic E-state index is 0.0744. The summed E-state index contributed by atoms with van der Waals surface area (Å²) in [5.74, 6) is -1.18. The number of halogens is 2. The first-order valence-corrected chi connectivity index (χ1v) is 9.91. The minimum atomic E-state index is -0.752. The first-order chi connectivity index (χ1) is 14.9. The van der Waals surface area contributed by atoms with E-state index in [1.54, 1.807) is 23.4 Å². The lowest BCUT2D eigenvalue weighted by Crippen LogP contribution is -2.47. The van der Waals surface area contributed by atoms with Crippen LogP contribution in [0.5, 0.6) is 0 Å². The van der Waals surface area contributed by atoms with E-state index in [9.17, 15) is 18.4 Å². The van der Waals surface area contributed by atoms with Gasteiger partial charge in [-0.25, -0.2) is 23.5 Å². The van der Waals surface area contributed by atoms with Gasteiger partial charge in [0.1, 0.15) is 11.8 Å². The summed E-state index contributed by atoms with van der Waals surface area (Å²) in [6.07, 6.45) is 2.00. The first-order valence-electron chi connectivity index (χ1n) is 9.91. The number of nitrogens with one attached hydrogen (secondary N) is 1. The highest BCUT2D eigenvalue weighted by Crippen LogP contribution is 2.31. The monoisotopic (exact) mass is 432 g/mol. The molecule has 2 aromatic rings. The molecule has 9 nitrogen and oxygen atoms in total. The van der Waals surface area contributed by atoms with E-state index in [-0.39, 0.29) is 30.4 Å². The summed E-state index contributed by atoms with van der Waals surface area (Å²) in [5.41, 5.74) is -0.0508. The Morgan fingerprint density at radius 2 is 1.74 bits per heavy atom. The molecule has 1 aromatic heterocycles. The number of piperazine rings is 1. The molecular formula is C20H22F2N6O3. The van der Waals surface area contributed by atoms with Crippen molar-refractivity contribution in [3.8, 4) is 0 Å². The Morgan fingerprint density at radius 1 is 1.13 bits per heavy atom. The van der Waals surface area contributed by atoms with Gasteiger partial charge in [0.2, 0.25) is 11.9 Å². The Morgan fingerprint density at radius 3 is 2.35 bits per heavy atom. The molecule has 1 N–H and O–H groups in total. The van der Waals surface area contributed by atoms with E-state index in [1.807, 2.05) is 4.90 Å². The zero-order valence-electron chi connectivity index (χ0n) is 16.9. The van der Waals surface area contributed by atoms with Crippen molar-refractivity contribution in [2.75, 3.05) is 54.0 Å². The number of hydrogen-bond donors (Lipinski definition) is 1. The average Bonchev–Trinajstić information content (AvgIpc) is 3.13. The normalized spacial score (nSPS) is 18.9. The predicted octanol–water partition coefficient (Wildman–Crippen LogP) is 1.54. The van der Waals surface area contributed by atoms with E-state index < -0.39 is 23.8 Å². The fraction of sp³-hybridized carbons (Fsp3) is 0.400. The van der Waals surface area contributed by atoms with Crippen molar-refractivity contribution in [1.82, 2.24) is 15.3 Å². The van der Waals surface area contributed by atoms with Crippen LogP contribution in [-0.2, 0) is 9.53 Å². The number of aromatic nitrogens is 2. The van der Waals surface area contributed by atoms with Crippen molar-refractivity contribution >= 4 is 29.3 Å². The summed E-state index contributed by atoms with van der Waals surface area (Å²) >= 11 is 0. The SMILES string of the molecule is CC(=O)NC[C@H]1CN(c2cc(F)c(N3CCN(c4ncccn4)CC3)c(F)c2)C(=O)O1. The van der Waals surface area contributed by atoms with Crippen LogP contribution in [0.2, 0.25) is 0 Å². The Hall–Kier alpha value is -3.50. The lowest BCUT2D eigenvalue weighted by Gasteiger charge is -2.36. The maximum atomic E-state index is 14.9. The fourth-order valence-corrected chi connectivity index (χ4v) is 3.69. The highest BCUT2D eigenvalue weighted by Gasteiger charge is 2.34. The zero-order chi connectivity index (χ0) is 22.0. The number of nitrogens with zero attached hydrogens (tertiary/aromatic N) is 5. The number of hydrogen-bond acceptors (Lipinski definition) is 7. The quantitative estimate of drug-likeness (QED) is 0.767. The van der Waals surface area contributed by atoms with Gasteiger partial charge in [0.05, 0.1) is 18.8 Å². The lowest BCUT2D eigenvalue weighted by molar-refractivity contribution is -0.119. The molecule has 0 saturated carbocycles. The van der Waals surface area contributed by atoms with Gasteiger partial charge < -0.3 is 19.9 Å². The molecule has 4 rings (SSSR count). The van der Waals surface area contributed by atoms with Crippen molar-refractivity contribution in [2.24, 2.45) is 0 Å². The van der Waals surface area contributed by atoms with E-state index >= 15 is 0 Å². The maximum absolute atomic E-state index is 14.9. The van der Waals surface area contributed by atoms with Gasteiger partial charge >= 0.3 is 6.09 Å². The molecule has 1 aromatic carbocycles. The number of benzene rings is 1. The Labute approximate surface area is 177 Å². The minimum Gasteiger partial charge on any atom is -0.442 e. The van der Waals surface area contributed by atoms with Crippen molar-refractivity contribution in [2.45, 2.75) is 13.0 Å². The van der Waals surface area contributed by atoms with E-state index in [2.05, 4.69) is 15.3 Å². The van der Waals surface area contributed by atoms with Crippen LogP contribution in [0.3, 0.4) is 0 Å². The molecule has 2 saturated heterocycles. The zero-order valence-corrected chi connectivity index (χ0v) is 16.9. The second-order valence-corrected chi connectivity index (χ2v) is 7.33. The van der Waals surface area contributed by atoms with E-state index in [4.69, 9.17) is 4.74 Å². The number of rotatable bonds is 5. The Balaban J connectivity index is 1.45. The largest absolute Gasteiger partial charge is 0.442 e. The van der Waals surface area contributed by atoms with Crippen molar-refractivity contribution in [1.29, 1.82) is 0 Å². The van der Waals surface area contributed by atoms with E-state index in [0.717, 1.165) is 17.0 Å². The summed E-state index contributed by atoms with van der Waals surface area (Å²) in [4.78, 5) is 36.3. The van der Waals surface area contributed by atoms with Gasteiger partial charge in [-0.15, -0.1) is 0 Å². The first kappa shape index (κ1) is 20.8. The third-order valence-corrected chi connectivity index (χ3v) is 5.20. The van der Waals surface area contributed by atoms with E-state index in [0.29, 0.717) is 32.1 Å². The summed E-state index contributed by atoms with van der Waals surface area (Å²) in [6, 6.07) is 3.99. The van der Waals surface area contributed by atoms with Crippen LogP contribution in [0, 0.1) is 11.6 Å². The number of cyclic esters (lactones) is 1. The molecule has 31 heavy (non-hydrogen) atoms. The van der Waals surface area contributed by atoms with Crippen molar-refractivity contribution in [3.05, 3.63) is 42.2 Å². The molecule has 2 fully saturated rings. The fourth-order valence-electron chi connectivity index (χ4n) is 3.69. The molecule has 2 amide bonds. The van der Waals surface area contributed by atoms with Crippen LogP contribution in [0.25, 0.3) is 0 Å². The van der Waals surface area contributed by atoms with Gasteiger partial charge in [-0.1, -0.05) is 0 Å². The van der Waals surface area contributed by atoms with Gasteiger partial charge in [0.15, 0.2) is 11.6 Å². The summed E-state index contributed by atoms with van der Waals surface area (Å²) in [7, 11) is 0. The third-order valence-electron chi connectivity index (χ3n) is 5.20. The van der Waals surface area contributed by atoms with E-state index in [1.165, 1.54) is 6.92 Å². The molecule has 1 atom stereocenters. The second kappa shape index (κ2) is 8.70. The van der Waals surface area contributed by atoms with Gasteiger partial charge in [-0.05, 0) is 6.07 Å². The van der Waals surface area contributed by atoms with Crippen LogP contribution in [0.1, 0.15) is 6.92 Å². The molecule has 3 heterocycles. The number of carbonyl (C=O) groups is 2. The second-order valence-electron chi connectivity index (χ2n) is 7.33. The topological polar surface area (TPSA) is 90.9 Å². The Bertz CT molecular complexity index is 946. The van der Waals surface area contributed by atoms with Crippen LogP contribution < -0.4 is 20.0 Å². The van der Waals surface area contributed by atoms with Crippen molar-refractivity contribution < 1.29 is 23.1 Å². The lowest BCUT2D eigenvalue weighted by atomic mass is 10.2. The van der Waals surface area contributed by atoms with Crippen LogP contribution in [0.15, 0.2) is 30.6 Å². The molecule has 2 aliphatic rings. The predicted molar refractivity (Wildman–Crippen MR) is 109 cm³/mol. The number of carbonyl (C=O) groups excluding carboxylic acids is 2. The van der Waals surface area contributed by atoms with Crippen LogP contribution in [0.4, 0.5) is 30.9 Å². The van der Waals surface area contributed by atoms with Gasteiger partial charge in [-0.2, -0.15) is 0 Å². The molecule has 2 aliphatic heterocycles. The van der Waals surface area contributed by atoms with Gasteiger partial charge in [0.25, 0.3) is 0 Å². The summed E-state index contributed by atoms with van der Waals surface area (Å²) < 4.78 is 34.9. The summed E-state index contributed by atoms with van der Waals surface area (Å²) in [5, 5.41) is 2.56. The maximum Gasteiger partial charge on any atom is 0.414 e. The molecule has 164 valence electrons. The number of anilines is 3. The number of amides is 2.